The van der Waals surface area contributed by atoms with Crippen LogP contribution in [0, 0.1) is 6.92 Å². The van der Waals surface area contributed by atoms with Gasteiger partial charge in [0.15, 0.2) is 0 Å². The Bertz CT molecular complexity index is 914. The Kier molecular flexibility index (Phi) is 15.6. The van der Waals surface area contributed by atoms with Gasteiger partial charge in [0.1, 0.15) is 5.75 Å². The first kappa shape index (κ1) is 33.4. The fourth-order valence-electron chi connectivity index (χ4n) is 4.00. The summed E-state index contributed by atoms with van der Waals surface area (Å²) in [7, 11) is 2.63. The number of benzene rings is 1. The topological polar surface area (TPSA) is 122 Å². The maximum absolute atomic E-state index is 10.2. The molecule has 2 heterocycles. The van der Waals surface area contributed by atoms with Crippen LogP contribution in [0.5, 0.6) is 11.6 Å². The number of hydrogen-bond donors (Lipinski definition) is 2. The van der Waals surface area contributed by atoms with Crippen LogP contribution in [-0.4, -0.2) is 78.5 Å². The molecule has 0 radical (unpaired) electrons. The number of hydrogen-bond acceptors (Lipinski definition) is 9. The molecule has 1 saturated heterocycles. The molecular formula is C28H46N2O8. The quantitative estimate of drug-likeness (QED) is 0.411. The highest BCUT2D eigenvalue weighted by molar-refractivity contribution is 5.38. The summed E-state index contributed by atoms with van der Waals surface area (Å²) in [5.74, 6) is 1.42. The Morgan fingerprint density at radius 2 is 1.82 bits per heavy atom. The summed E-state index contributed by atoms with van der Waals surface area (Å²) in [5.41, 5.74) is 3.24. The van der Waals surface area contributed by atoms with E-state index in [2.05, 4.69) is 37.6 Å². The van der Waals surface area contributed by atoms with E-state index in [9.17, 15) is 9.90 Å². The number of aliphatic hydroxyl groups is 2. The zero-order valence-electron chi connectivity index (χ0n) is 24.0. The van der Waals surface area contributed by atoms with Crippen LogP contribution >= 0.6 is 0 Å². The summed E-state index contributed by atoms with van der Waals surface area (Å²) in [6, 6.07) is 8.34. The Balaban J connectivity index is 0.000000924. The number of rotatable bonds is 11. The highest BCUT2D eigenvalue weighted by Crippen LogP contribution is 2.30. The van der Waals surface area contributed by atoms with Gasteiger partial charge in [-0.05, 0) is 59.2 Å². The number of methoxy groups -OCH3 is 1. The van der Waals surface area contributed by atoms with Crippen molar-refractivity contribution in [1.29, 1.82) is 0 Å². The highest BCUT2D eigenvalue weighted by atomic mass is 16.7. The van der Waals surface area contributed by atoms with Gasteiger partial charge in [-0.25, -0.2) is 0 Å². The second kappa shape index (κ2) is 17.8. The normalized spacial score (nSPS) is 18.7. The summed E-state index contributed by atoms with van der Waals surface area (Å²) in [6.07, 6.45) is 0.559. The number of aliphatic hydroxyl groups excluding tert-OH is 2. The largest absolute Gasteiger partial charge is 0.491 e. The van der Waals surface area contributed by atoms with Crippen LogP contribution in [-0.2, 0) is 25.4 Å². The van der Waals surface area contributed by atoms with Crippen molar-refractivity contribution in [1.82, 2.24) is 9.78 Å². The first-order valence-corrected chi connectivity index (χ1v) is 13.0. The number of ether oxygens (including phenoxy) is 5. The average Bonchev–Trinajstić information content (AvgIpc) is 3.17. The summed E-state index contributed by atoms with van der Waals surface area (Å²) in [6.45, 7) is 13.4. The molecule has 1 aromatic heterocycles. The third kappa shape index (κ3) is 11.0. The van der Waals surface area contributed by atoms with Crippen LogP contribution in [0.1, 0.15) is 70.3 Å². The van der Waals surface area contributed by atoms with Gasteiger partial charge in [-0.1, -0.05) is 12.1 Å². The van der Waals surface area contributed by atoms with Crippen LogP contribution in [0.2, 0.25) is 0 Å². The number of nitrogens with zero attached hydrogens (tertiary/aromatic N) is 2. The predicted octanol–water partition coefficient (Wildman–Crippen LogP) is 3.83. The Hall–Kier alpha value is -2.66. The molecule has 1 aliphatic rings. The van der Waals surface area contributed by atoms with E-state index in [0.29, 0.717) is 44.8 Å². The Morgan fingerprint density at radius 3 is 2.32 bits per heavy atom. The van der Waals surface area contributed by atoms with Crippen LogP contribution in [0.25, 0.3) is 0 Å². The molecule has 2 N–H and O–H groups in total. The van der Waals surface area contributed by atoms with Crippen LogP contribution in [0.4, 0.5) is 0 Å². The molecule has 0 amide bonds. The Morgan fingerprint density at radius 1 is 1.16 bits per heavy atom. The predicted molar refractivity (Wildman–Crippen MR) is 145 cm³/mol. The van der Waals surface area contributed by atoms with Crippen molar-refractivity contribution in [3.63, 3.8) is 0 Å². The molecule has 1 fully saturated rings. The molecule has 216 valence electrons. The molecule has 38 heavy (non-hydrogen) atoms. The number of aromatic nitrogens is 2. The van der Waals surface area contributed by atoms with Crippen LogP contribution in [0.15, 0.2) is 24.3 Å². The second-order valence-electron chi connectivity index (χ2n) is 9.33. The van der Waals surface area contributed by atoms with Crippen molar-refractivity contribution in [2.24, 2.45) is 0 Å². The molecule has 1 aliphatic heterocycles. The van der Waals surface area contributed by atoms with Gasteiger partial charge >= 0.3 is 0 Å². The SMILES string of the molecule is CCOC=O.CO.COCC1CC(O)CC(Oc2nn(C(C)C)c(C)c2Cc2ccc(OC(C)C)cc2)O1. The van der Waals surface area contributed by atoms with Gasteiger partial charge in [0.05, 0.1) is 31.5 Å². The lowest BCUT2D eigenvalue weighted by Gasteiger charge is -2.32. The van der Waals surface area contributed by atoms with Gasteiger partial charge in [0, 0.05) is 50.8 Å². The maximum atomic E-state index is 10.2. The maximum Gasteiger partial charge on any atom is 0.293 e. The Labute approximate surface area is 226 Å². The van der Waals surface area contributed by atoms with E-state index in [4.69, 9.17) is 29.2 Å². The fraction of sp³-hybridized carbons (Fsp3) is 0.643. The van der Waals surface area contributed by atoms with Crippen LogP contribution in [0.3, 0.4) is 0 Å². The lowest BCUT2D eigenvalue weighted by atomic mass is 10.0. The molecule has 1 aromatic carbocycles. The molecule has 10 nitrogen and oxygen atoms in total. The van der Waals surface area contributed by atoms with Gasteiger partial charge < -0.3 is 33.9 Å². The van der Waals surface area contributed by atoms with Gasteiger partial charge in [-0.3, -0.25) is 9.48 Å². The summed E-state index contributed by atoms with van der Waals surface area (Å²) in [5, 5.41) is 22.0. The van der Waals surface area contributed by atoms with E-state index in [1.165, 1.54) is 0 Å². The minimum atomic E-state index is -0.556. The molecule has 0 spiro atoms. The zero-order chi connectivity index (χ0) is 28.7. The number of carbonyl (C=O) groups is 1. The van der Waals surface area contributed by atoms with Crippen molar-refractivity contribution in [3.05, 3.63) is 41.1 Å². The van der Waals surface area contributed by atoms with E-state index >= 15 is 0 Å². The van der Waals surface area contributed by atoms with Crippen molar-refractivity contribution in [2.45, 2.75) is 91.4 Å². The third-order valence-corrected chi connectivity index (χ3v) is 5.58. The minimum Gasteiger partial charge on any atom is -0.491 e. The molecule has 0 bridgehead atoms. The van der Waals surface area contributed by atoms with Crippen LogP contribution < -0.4 is 9.47 Å². The lowest BCUT2D eigenvalue weighted by molar-refractivity contribution is -0.188. The minimum absolute atomic E-state index is 0.144. The standard InChI is InChI=1S/C24H36N2O5.C3H6O2.CH4O/c1-15(2)26-17(5)22(11-18-7-9-20(10-8-18)29-16(3)4)24(25-26)31-23-13-19(27)12-21(30-23)14-28-6;1-2-5-3-4;1-2/h7-10,15-16,19,21,23,27H,11-14H2,1-6H3;3H,2H2,1H3;2H,1H3. The monoisotopic (exact) mass is 538 g/mol. The molecule has 3 unspecified atom stereocenters. The first-order chi connectivity index (χ1) is 18.2. The molecule has 0 saturated carbocycles. The van der Waals surface area contributed by atoms with E-state index in [1.54, 1.807) is 14.0 Å². The molecule has 2 aromatic rings. The second-order valence-corrected chi connectivity index (χ2v) is 9.33. The molecular weight excluding hydrogens is 492 g/mol. The third-order valence-electron chi connectivity index (χ3n) is 5.58. The van der Waals surface area contributed by atoms with Gasteiger partial charge in [0.2, 0.25) is 12.2 Å². The molecule has 0 aliphatic carbocycles. The van der Waals surface area contributed by atoms with Gasteiger partial charge in [-0.15, -0.1) is 5.10 Å². The van der Waals surface area contributed by atoms with E-state index in [1.807, 2.05) is 30.7 Å². The summed E-state index contributed by atoms with van der Waals surface area (Å²) >= 11 is 0. The van der Waals surface area contributed by atoms with E-state index in [-0.39, 0.29) is 18.2 Å². The molecule has 10 heteroatoms. The number of carbonyl (C=O) groups excluding carboxylic acids is 1. The van der Waals surface area contributed by atoms with Crippen molar-refractivity contribution in [3.8, 4) is 11.6 Å². The van der Waals surface area contributed by atoms with Crippen molar-refractivity contribution in [2.75, 3.05) is 27.4 Å². The summed E-state index contributed by atoms with van der Waals surface area (Å²) < 4.78 is 29.3. The molecule has 3 atom stereocenters. The fourth-order valence-corrected chi connectivity index (χ4v) is 4.00. The lowest BCUT2D eigenvalue weighted by Crippen LogP contribution is -2.40. The zero-order valence-corrected chi connectivity index (χ0v) is 24.0. The van der Waals surface area contributed by atoms with Crippen molar-refractivity contribution < 1.29 is 38.7 Å². The van der Waals surface area contributed by atoms with Gasteiger partial charge in [-0.2, -0.15) is 0 Å². The first-order valence-electron chi connectivity index (χ1n) is 13.0. The molecule has 3 rings (SSSR count). The van der Waals surface area contributed by atoms with E-state index in [0.717, 1.165) is 29.7 Å². The average molecular weight is 539 g/mol. The van der Waals surface area contributed by atoms with Gasteiger partial charge in [0.25, 0.3) is 6.47 Å². The summed E-state index contributed by atoms with van der Waals surface area (Å²) in [4.78, 5) is 9.18. The highest BCUT2D eigenvalue weighted by Gasteiger charge is 2.31. The van der Waals surface area contributed by atoms with Crippen molar-refractivity contribution >= 4 is 6.47 Å². The van der Waals surface area contributed by atoms with E-state index < -0.39 is 12.4 Å². The smallest absolute Gasteiger partial charge is 0.293 e.